The molecule has 0 bridgehead atoms. The first-order valence-electron chi connectivity index (χ1n) is 9.81. The summed E-state index contributed by atoms with van der Waals surface area (Å²) in [4.78, 5) is 8.24. The van der Waals surface area contributed by atoms with Crippen molar-refractivity contribution in [2.24, 2.45) is 10.8 Å². The first-order valence-corrected chi connectivity index (χ1v) is 11.9. The molecule has 1 heterocycles. The van der Waals surface area contributed by atoms with E-state index in [0.717, 1.165) is 19.1 Å². The summed E-state index contributed by atoms with van der Waals surface area (Å²) in [5.74, 6) is 5.52. The van der Waals surface area contributed by atoms with Gasteiger partial charge in [-0.15, -0.1) is 0 Å². The minimum atomic E-state index is -4.52. The first kappa shape index (κ1) is 23.3. The summed E-state index contributed by atoms with van der Waals surface area (Å²) < 4.78 is 68.9. The minimum Gasteiger partial charge on any atom is -0.458 e. The van der Waals surface area contributed by atoms with Crippen LogP contribution >= 0.6 is 0 Å². The highest BCUT2D eigenvalue weighted by molar-refractivity contribution is 7.90. The maximum Gasteiger partial charge on any atom is 0.418 e. The van der Waals surface area contributed by atoms with Crippen molar-refractivity contribution in [3.05, 3.63) is 40.6 Å². The molecule has 11 heteroatoms. The molecule has 2 aromatic rings. The van der Waals surface area contributed by atoms with Gasteiger partial charge in [0.1, 0.15) is 16.4 Å². The van der Waals surface area contributed by atoms with E-state index < -0.39 is 21.6 Å². The average Bonchev–Trinajstić information content (AvgIpc) is 3.50. The minimum absolute atomic E-state index is 0.0250. The third-order valence-corrected chi connectivity index (χ3v) is 5.99. The number of hydrogen-bond acceptors (Lipinski definition) is 6. The lowest BCUT2D eigenvalue weighted by atomic mass is 9.98. The van der Waals surface area contributed by atoms with Crippen LogP contribution in [0.5, 0.6) is 0 Å². The average molecular weight is 459 g/mol. The highest BCUT2D eigenvalue weighted by Gasteiger charge is 2.36. The van der Waals surface area contributed by atoms with E-state index in [9.17, 15) is 21.6 Å². The Morgan fingerprint density at radius 3 is 2.61 bits per heavy atom. The monoisotopic (exact) mass is 458 g/mol. The summed E-state index contributed by atoms with van der Waals surface area (Å²) in [5.41, 5.74) is 3.07. The number of aliphatic imine (C=N–C) groups is 1. The van der Waals surface area contributed by atoms with Gasteiger partial charge in [0.15, 0.2) is 0 Å². The molecule has 3 rings (SSSR count). The van der Waals surface area contributed by atoms with Gasteiger partial charge in [-0.05, 0) is 61.4 Å². The fourth-order valence-corrected chi connectivity index (χ4v) is 3.96. The molecule has 1 saturated carbocycles. The van der Waals surface area contributed by atoms with Crippen LogP contribution in [0.4, 0.5) is 13.2 Å². The molecule has 0 radical (unpaired) electrons. The molecule has 0 atom stereocenters. The fraction of sp³-hybridized carbons (Fsp3) is 0.500. The molecule has 1 aliphatic carbocycles. The van der Waals surface area contributed by atoms with Crippen LogP contribution in [-0.4, -0.2) is 38.0 Å². The number of alkyl halides is 3. The molecule has 3 N–H and O–H groups in total. The van der Waals surface area contributed by atoms with Crippen LogP contribution in [-0.2, 0) is 27.4 Å². The molecule has 170 valence electrons. The lowest BCUT2D eigenvalue weighted by Crippen LogP contribution is -2.32. The topological polar surface area (TPSA) is 107 Å². The van der Waals surface area contributed by atoms with E-state index in [1.165, 1.54) is 6.07 Å². The van der Waals surface area contributed by atoms with Crippen LogP contribution in [0.1, 0.15) is 47.6 Å². The molecule has 0 aliphatic heterocycles. The number of nitrogens with zero attached hydrogens (tertiary/aromatic N) is 2. The van der Waals surface area contributed by atoms with E-state index >= 15 is 0 Å². The number of hydrogen-bond donors (Lipinski definition) is 2. The van der Waals surface area contributed by atoms with Crippen molar-refractivity contribution in [3.63, 3.8) is 0 Å². The number of aromatic nitrogens is 1. The molecule has 0 spiro atoms. The molecule has 1 aromatic carbocycles. The van der Waals surface area contributed by atoms with Crippen LogP contribution in [0, 0.1) is 6.92 Å². The van der Waals surface area contributed by atoms with E-state index in [2.05, 4.69) is 15.4 Å². The number of sulfone groups is 1. The second kappa shape index (κ2) is 8.99. The van der Waals surface area contributed by atoms with Crippen LogP contribution in [0.15, 0.2) is 23.2 Å². The van der Waals surface area contributed by atoms with Gasteiger partial charge in [-0.2, -0.15) is 13.2 Å². The summed E-state index contributed by atoms with van der Waals surface area (Å²) in [6.45, 7) is 1.76. The number of pyridine rings is 1. The Balaban J connectivity index is 1.82. The van der Waals surface area contributed by atoms with Crippen molar-refractivity contribution >= 4 is 26.8 Å². The number of fused-ring (bicyclic) bond motifs is 1. The molecule has 31 heavy (non-hydrogen) atoms. The summed E-state index contributed by atoms with van der Waals surface area (Å²) in [5, 5.41) is 0.479. The molecule has 1 fully saturated rings. The zero-order chi connectivity index (χ0) is 22.8. The Kier molecular flexibility index (Phi) is 6.75. The number of benzene rings is 1. The lowest BCUT2D eigenvalue weighted by molar-refractivity contribution is -0.136. The molecule has 1 aliphatic rings. The quantitative estimate of drug-likeness (QED) is 0.217. The number of aryl methyl sites for hydroxylation is 1. The standard InChI is InChI=1S/C20H25F3N4O3S/c1-12-8-15(11-30-19(27-24)25-6-3-7-31(2,28)29)26-18-16(12)9-14(13-4-5-13)10-17(18)20(21,22)23/h8-10,13H,3-7,11,24H2,1-2H3,(H,25,27). The van der Waals surface area contributed by atoms with Crippen LogP contribution in [0.25, 0.3) is 10.9 Å². The van der Waals surface area contributed by atoms with E-state index in [1.807, 2.05) is 0 Å². The third kappa shape index (κ3) is 6.30. The zero-order valence-corrected chi connectivity index (χ0v) is 18.1. The SMILES string of the molecule is Cc1cc(COC(=NCCCS(C)(=O)=O)NN)nc2c(C(F)(F)F)cc(C3CC3)cc12. The lowest BCUT2D eigenvalue weighted by Gasteiger charge is -2.15. The third-order valence-electron chi connectivity index (χ3n) is 4.96. The number of nitrogens with two attached hydrogens (primary N) is 1. The summed E-state index contributed by atoms with van der Waals surface area (Å²) >= 11 is 0. The van der Waals surface area contributed by atoms with Gasteiger partial charge < -0.3 is 4.74 Å². The second-order valence-electron chi connectivity index (χ2n) is 7.77. The van der Waals surface area contributed by atoms with Gasteiger partial charge in [0.2, 0.25) is 0 Å². The van der Waals surface area contributed by atoms with E-state index in [-0.39, 0.29) is 36.4 Å². The predicted octanol–water partition coefficient (Wildman–Crippen LogP) is 3.21. The van der Waals surface area contributed by atoms with E-state index in [1.54, 1.807) is 19.1 Å². The summed E-state index contributed by atoms with van der Waals surface area (Å²) in [7, 11) is -3.09. The van der Waals surface area contributed by atoms with Crippen molar-refractivity contribution < 1.29 is 26.3 Å². The highest BCUT2D eigenvalue weighted by atomic mass is 32.2. The van der Waals surface area contributed by atoms with Crippen LogP contribution < -0.4 is 11.3 Å². The van der Waals surface area contributed by atoms with Crippen LogP contribution in [0.2, 0.25) is 0 Å². The van der Waals surface area contributed by atoms with Gasteiger partial charge in [0.25, 0.3) is 6.02 Å². The van der Waals surface area contributed by atoms with Crippen molar-refractivity contribution in [3.8, 4) is 0 Å². The number of amidine groups is 1. The van der Waals surface area contributed by atoms with Gasteiger partial charge in [0, 0.05) is 18.2 Å². The molecule has 1 aromatic heterocycles. The highest BCUT2D eigenvalue weighted by Crippen LogP contribution is 2.44. The molecule has 7 nitrogen and oxygen atoms in total. The number of ether oxygens (including phenoxy) is 1. The summed E-state index contributed by atoms with van der Waals surface area (Å²) in [6.07, 6.45) is -1.29. The van der Waals surface area contributed by atoms with E-state index in [4.69, 9.17) is 10.6 Å². The largest absolute Gasteiger partial charge is 0.458 e. The van der Waals surface area contributed by atoms with Crippen molar-refractivity contribution in [1.82, 2.24) is 10.4 Å². The summed E-state index contributed by atoms with van der Waals surface area (Å²) in [6, 6.07) is 4.63. The van der Waals surface area contributed by atoms with Crippen LogP contribution in [0.3, 0.4) is 0 Å². The fourth-order valence-electron chi connectivity index (χ4n) is 3.31. The Labute approximate surface area is 178 Å². The Morgan fingerprint density at radius 1 is 1.32 bits per heavy atom. The number of halogens is 3. The molecule has 0 saturated heterocycles. The smallest absolute Gasteiger partial charge is 0.418 e. The van der Waals surface area contributed by atoms with Gasteiger partial charge in [-0.25, -0.2) is 24.2 Å². The Hall–Kier alpha value is -2.40. The van der Waals surface area contributed by atoms with Crippen molar-refractivity contribution in [2.75, 3.05) is 18.6 Å². The van der Waals surface area contributed by atoms with Gasteiger partial charge in [-0.3, -0.25) is 5.43 Å². The number of rotatable bonds is 7. The molecule has 0 unspecified atom stereocenters. The van der Waals surface area contributed by atoms with E-state index in [0.29, 0.717) is 28.6 Å². The Bertz CT molecular complexity index is 1100. The first-order chi connectivity index (χ1) is 14.5. The predicted molar refractivity (Wildman–Crippen MR) is 112 cm³/mol. The maximum atomic E-state index is 13.7. The normalized spacial score (nSPS) is 15.4. The van der Waals surface area contributed by atoms with Crippen molar-refractivity contribution in [1.29, 1.82) is 0 Å². The molecular weight excluding hydrogens is 433 g/mol. The zero-order valence-electron chi connectivity index (χ0n) is 17.3. The van der Waals surface area contributed by atoms with Crippen molar-refractivity contribution in [2.45, 2.75) is 44.9 Å². The molecule has 0 amide bonds. The number of nitrogens with one attached hydrogen (secondary N) is 1. The van der Waals surface area contributed by atoms with Gasteiger partial charge in [0.05, 0.1) is 22.5 Å². The Morgan fingerprint density at radius 2 is 2.03 bits per heavy atom. The number of hydrazine groups is 1. The molecular formula is C20H25F3N4O3S. The second-order valence-corrected chi connectivity index (χ2v) is 10.0. The maximum absolute atomic E-state index is 13.7. The van der Waals surface area contributed by atoms with Gasteiger partial charge in [-0.1, -0.05) is 0 Å². The van der Waals surface area contributed by atoms with Gasteiger partial charge >= 0.3 is 6.18 Å².